The van der Waals surface area contributed by atoms with Crippen LogP contribution in [0.1, 0.15) is 49.3 Å². The molecule has 0 aromatic carbocycles. The molecule has 1 aromatic heterocycles. The van der Waals surface area contributed by atoms with E-state index in [-0.39, 0.29) is 0 Å². The SMILES string of the molecule is c1noc(CC2CCNC2)c1C1CCCC1. The maximum absolute atomic E-state index is 5.46. The monoisotopic (exact) mass is 220 g/mol. The molecule has 0 spiro atoms. The van der Waals surface area contributed by atoms with E-state index in [2.05, 4.69) is 10.5 Å². The molecule has 0 bridgehead atoms. The van der Waals surface area contributed by atoms with Crippen molar-refractivity contribution in [2.75, 3.05) is 13.1 Å². The van der Waals surface area contributed by atoms with Crippen LogP contribution in [-0.2, 0) is 6.42 Å². The molecule has 1 saturated carbocycles. The van der Waals surface area contributed by atoms with Crippen LogP contribution in [0, 0.1) is 5.92 Å². The van der Waals surface area contributed by atoms with Gasteiger partial charge in [-0.1, -0.05) is 18.0 Å². The predicted molar refractivity (Wildman–Crippen MR) is 62.4 cm³/mol. The van der Waals surface area contributed by atoms with Crippen molar-refractivity contribution >= 4 is 0 Å². The largest absolute Gasteiger partial charge is 0.361 e. The molecule has 1 aromatic rings. The first-order chi connectivity index (χ1) is 7.93. The lowest BCUT2D eigenvalue weighted by atomic mass is 9.94. The van der Waals surface area contributed by atoms with Crippen molar-refractivity contribution < 1.29 is 4.52 Å². The van der Waals surface area contributed by atoms with Crippen molar-refractivity contribution in [1.82, 2.24) is 10.5 Å². The summed E-state index contributed by atoms with van der Waals surface area (Å²) in [7, 11) is 0. The second kappa shape index (κ2) is 4.58. The summed E-state index contributed by atoms with van der Waals surface area (Å²) in [5, 5.41) is 7.43. The lowest BCUT2D eigenvalue weighted by Crippen LogP contribution is -2.11. The molecule has 16 heavy (non-hydrogen) atoms. The molecule has 88 valence electrons. The maximum atomic E-state index is 5.46. The van der Waals surface area contributed by atoms with Crippen LogP contribution in [0.3, 0.4) is 0 Å². The van der Waals surface area contributed by atoms with Gasteiger partial charge in [-0.05, 0) is 44.2 Å². The zero-order valence-corrected chi connectivity index (χ0v) is 9.74. The van der Waals surface area contributed by atoms with Crippen LogP contribution in [0.4, 0.5) is 0 Å². The summed E-state index contributed by atoms with van der Waals surface area (Å²) in [5.74, 6) is 2.66. The van der Waals surface area contributed by atoms with Gasteiger partial charge >= 0.3 is 0 Å². The highest BCUT2D eigenvalue weighted by atomic mass is 16.5. The number of nitrogens with one attached hydrogen (secondary N) is 1. The Hall–Kier alpha value is -0.830. The molecule has 0 amide bonds. The fourth-order valence-corrected chi connectivity index (χ4v) is 3.15. The standard InChI is InChI=1S/C13H20N2O/c1-2-4-11(3-1)12-9-15-16-13(12)7-10-5-6-14-8-10/h9-11,14H,1-8H2. The summed E-state index contributed by atoms with van der Waals surface area (Å²) < 4.78 is 5.46. The van der Waals surface area contributed by atoms with Crippen molar-refractivity contribution in [2.24, 2.45) is 5.92 Å². The molecule has 1 N–H and O–H groups in total. The quantitative estimate of drug-likeness (QED) is 0.850. The summed E-state index contributed by atoms with van der Waals surface area (Å²) >= 11 is 0. The Labute approximate surface area is 96.6 Å². The topological polar surface area (TPSA) is 38.1 Å². The van der Waals surface area contributed by atoms with Crippen LogP contribution < -0.4 is 5.32 Å². The number of nitrogens with zero attached hydrogens (tertiary/aromatic N) is 1. The van der Waals surface area contributed by atoms with Gasteiger partial charge in [0.25, 0.3) is 0 Å². The maximum Gasteiger partial charge on any atom is 0.140 e. The third-order valence-electron chi connectivity index (χ3n) is 4.11. The van der Waals surface area contributed by atoms with Crippen molar-refractivity contribution in [3.8, 4) is 0 Å². The molecule has 2 heterocycles. The van der Waals surface area contributed by atoms with Gasteiger partial charge in [-0.2, -0.15) is 0 Å². The Morgan fingerprint density at radius 2 is 2.19 bits per heavy atom. The van der Waals surface area contributed by atoms with Gasteiger partial charge in [-0.15, -0.1) is 0 Å². The van der Waals surface area contributed by atoms with E-state index in [1.165, 1.54) is 43.4 Å². The van der Waals surface area contributed by atoms with E-state index >= 15 is 0 Å². The van der Waals surface area contributed by atoms with E-state index in [1.807, 2.05) is 6.20 Å². The van der Waals surface area contributed by atoms with Crippen LogP contribution >= 0.6 is 0 Å². The fourth-order valence-electron chi connectivity index (χ4n) is 3.15. The zero-order chi connectivity index (χ0) is 10.8. The minimum Gasteiger partial charge on any atom is -0.361 e. The number of hydrogen-bond donors (Lipinski definition) is 1. The first-order valence-electron chi connectivity index (χ1n) is 6.57. The van der Waals surface area contributed by atoms with Crippen molar-refractivity contribution in [3.63, 3.8) is 0 Å². The summed E-state index contributed by atoms with van der Waals surface area (Å²) in [6.07, 6.45) is 9.74. The highest BCUT2D eigenvalue weighted by molar-refractivity contribution is 5.20. The molecule has 1 saturated heterocycles. The number of rotatable bonds is 3. The molecule has 3 heteroatoms. The van der Waals surface area contributed by atoms with Crippen molar-refractivity contribution in [3.05, 3.63) is 17.5 Å². The normalized spacial score (nSPS) is 26.6. The van der Waals surface area contributed by atoms with E-state index in [9.17, 15) is 0 Å². The second-order valence-electron chi connectivity index (χ2n) is 5.25. The third-order valence-corrected chi connectivity index (χ3v) is 4.11. The molecule has 2 aliphatic rings. The van der Waals surface area contributed by atoms with Crippen LogP contribution in [0.5, 0.6) is 0 Å². The second-order valence-corrected chi connectivity index (χ2v) is 5.25. The first kappa shape index (κ1) is 10.3. The third kappa shape index (κ3) is 2.01. The molecule has 1 aliphatic heterocycles. The molecular weight excluding hydrogens is 200 g/mol. The van der Waals surface area contributed by atoms with Gasteiger partial charge in [0.15, 0.2) is 0 Å². The lowest BCUT2D eigenvalue weighted by molar-refractivity contribution is 0.360. The van der Waals surface area contributed by atoms with E-state index in [0.29, 0.717) is 0 Å². The average molecular weight is 220 g/mol. The Bertz CT molecular complexity index is 335. The molecule has 3 nitrogen and oxygen atoms in total. The van der Waals surface area contributed by atoms with Gasteiger partial charge in [0.1, 0.15) is 5.76 Å². The average Bonchev–Trinajstić information content (AvgIpc) is 2.98. The minimum absolute atomic E-state index is 0.732. The Balaban J connectivity index is 1.71. The summed E-state index contributed by atoms with van der Waals surface area (Å²) in [4.78, 5) is 0. The Morgan fingerprint density at radius 3 is 2.94 bits per heavy atom. The molecule has 1 aliphatic carbocycles. The van der Waals surface area contributed by atoms with E-state index in [0.717, 1.165) is 31.3 Å². The molecule has 0 radical (unpaired) electrons. The number of hydrogen-bond acceptors (Lipinski definition) is 3. The van der Waals surface area contributed by atoms with Crippen LogP contribution in [0.25, 0.3) is 0 Å². The van der Waals surface area contributed by atoms with Gasteiger partial charge in [0, 0.05) is 12.0 Å². The lowest BCUT2D eigenvalue weighted by Gasteiger charge is -2.10. The highest BCUT2D eigenvalue weighted by Crippen LogP contribution is 2.36. The van der Waals surface area contributed by atoms with Crippen LogP contribution in [-0.4, -0.2) is 18.2 Å². The van der Waals surface area contributed by atoms with Crippen molar-refractivity contribution in [2.45, 2.75) is 44.4 Å². The predicted octanol–water partition coefficient (Wildman–Crippen LogP) is 2.48. The van der Waals surface area contributed by atoms with Gasteiger partial charge in [0.2, 0.25) is 0 Å². The van der Waals surface area contributed by atoms with Crippen molar-refractivity contribution in [1.29, 1.82) is 0 Å². The fraction of sp³-hybridized carbons (Fsp3) is 0.769. The van der Waals surface area contributed by atoms with Gasteiger partial charge in [0.05, 0.1) is 6.20 Å². The molecule has 3 rings (SSSR count). The number of aromatic nitrogens is 1. The van der Waals surface area contributed by atoms with Crippen LogP contribution in [0.2, 0.25) is 0 Å². The zero-order valence-electron chi connectivity index (χ0n) is 9.74. The van der Waals surface area contributed by atoms with Gasteiger partial charge in [-0.25, -0.2) is 0 Å². The smallest absolute Gasteiger partial charge is 0.140 e. The van der Waals surface area contributed by atoms with E-state index in [1.54, 1.807) is 0 Å². The molecule has 1 unspecified atom stereocenters. The van der Waals surface area contributed by atoms with Crippen LogP contribution in [0.15, 0.2) is 10.7 Å². The summed E-state index contributed by atoms with van der Waals surface area (Å²) in [6, 6.07) is 0. The van der Waals surface area contributed by atoms with Gasteiger partial charge < -0.3 is 9.84 Å². The Morgan fingerprint density at radius 1 is 1.31 bits per heavy atom. The molecule has 2 fully saturated rings. The minimum atomic E-state index is 0.732. The van der Waals surface area contributed by atoms with E-state index in [4.69, 9.17) is 4.52 Å². The van der Waals surface area contributed by atoms with E-state index < -0.39 is 0 Å². The Kier molecular flexibility index (Phi) is 2.96. The summed E-state index contributed by atoms with van der Waals surface area (Å²) in [6.45, 7) is 2.31. The first-order valence-corrected chi connectivity index (χ1v) is 6.57. The molecular formula is C13H20N2O. The van der Waals surface area contributed by atoms with Gasteiger partial charge in [-0.3, -0.25) is 0 Å². The summed E-state index contributed by atoms with van der Waals surface area (Å²) in [5.41, 5.74) is 1.41. The molecule has 1 atom stereocenters. The highest BCUT2D eigenvalue weighted by Gasteiger charge is 2.25.